The molecule has 2 aliphatic rings. The molecular formula is C21H27N3O3S. The Balaban J connectivity index is 1.69. The predicted molar refractivity (Wildman–Crippen MR) is 110 cm³/mol. The van der Waals surface area contributed by atoms with Crippen molar-refractivity contribution >= 4 is 23.1 Å². The van der Waals surface area contributed by atoms with Gasteiger partial charge in [-0.1, -0.05) is 0 Å². The zero-order valence-corrected chi connectivity index (χ0v) is 17.6. The monoisotopic (exact) mass is 401 g/mol. The molecule has 2 aromatic heterocycles. The van der Waals surface area contributed by atoms with E-state index in [0.717, 1.165) is 59.1 Å². The molecule has 2 aliphatic heterocycles. The van der Waals surface area contributed by atoms with Crippen LogP contribution < -0.4 is 4.90 Å². The summed E-state index contributed by atoms with van der Waals surface area (Å²) in [6.45, 7) is 8.98. The van der Waals surface area contributed by atoms with E-state index < -0.39 is 0 Å². The van der Waals surface area contributed by atoms with Crippen molar-refractivity contribution in [2.75, 3.05) is 31.2 Å². The summed E-state index contributed by atoms with van der Waals surface area (Å²) in [7, 11) is 0. The van der Waals surface area contributed by atoms with Crippen molar-refractivity contribution in [3.8, 4) is 0 Å². The van der Waals surface area contributed by atoms with Crippen molar-refractivity contribution in [2.45, 2.75) is 52.2 Å². The van der Waals surface area contributed by atoms with Crippen LogP contribution in [0, 0.1) is 6.92 Å². The lowest BCUT2D eigenvalue weighted by Crippen LogP contribution is -2.46. The molecule has 1 fully saturated rings. The van der Waals surface area contributed by atoms with Crippen molar-refractivity contribution in [2.24, 2.45) is 0 Å². The van der Waals surface area contributed by atoms with Gasteiger partial charge in [-0.2, -0.15) is 4.37 Å². The third kappa shape index (κ3) is 4.26. The number of fused-ring (bicyclic) bond motifs is 1. The highest BCUT2D eigenvalue weighted by atomic mass is 32.1. The summed E-state index contributed by atoms with van der Waals surface area (Å²) in [5.41, 5.74) is 3.82. The lowest BCUT2D eigenvalue weighted by atomic mass is 9.96. The SMILES string of the molecule is Cc1cc(CC(=O)c2cc(N3C[C@@H](C)O[C@@H](C)C3)nc3c2CCOCC3)sn1. The number of anilines is 1. The second-order valence-corrected chi connectivity index (χ2v) is 8.65. The van der Waals surface area contributed by atoms with Crippen LogP contribution >= 0.6 is 11.5 Å². The van der Waals surface area contributed by atoms with Crippen molar-refractivity contribution < 1.29 is 14.3 Å². The number of hydrogen-bond acceptors (Lipinski definition) is 7. The number of carbonyl (C=O) groups excluding carboxylic acids is 1. The molecule has 6 nitrogen and oxygen atoms in total. The maximum Gasteiger partial charge on any atom is 0.168 e. The summed E-state index contributed by atoms with van der Waals surface area (Å²) < 4.78 is 15.8. The van der Waals surface area contributed by atoms with Gasteiger partial charge in [0, 0.05) is 42.1 Å². The summed E-state index contributed by atoms with van der Waals surface area (Å²) in [4.78, 5) is 21.4. The first kappa shape index (κ1) is 19.5. The van der Waals surface area contributed by atoms with Crippen LogP contribution in [-0.2, 0) is 28.7 Å². The Morgan fingerprint density at radius 1 is 1.21 bits per heavy atom. The number of nitrogens with zero attached hydrogens (tertiary/aromatic N) is 3. The van der Waals surface area contributed by atoms with E-state index in [-0.39, 0.29) is 18.0 Å². The number of carbonyl (C=O) groups is 1. The van der Waals surface area contributed by atoms with Crippen LogP contribution in [0.1, 0.15) is 46.0 Å². The van der Waals surface area contributed by atoms with Gasteiger partial charge in [0.15, 0.2) is 5.78 Å². The minimum atomic E-state index is 0.139. The van der Waals surface area contributed by atoms with E-state index in [0.29, 0.717) is 19.6 Å². The number of pyridine rings is 1. The largest absolute Gasteiger partial charge is 0.381 e. The first-order valence-corrected chi connectivity index (χ1v) is 10.7. The molecule has 0 bridgehead atoms. The summed E-state index contributed by atoms with van der Waals surface area (Å²) in [5.74, 6) is 1.02. The highest BCUT2D eigenvalue weighted by Crippen LogP contribution is 2.27. The van der Waals surface area contributed by atoms with E-state index in [1.807, 2.05) is 19.1 Å². The van der Waals surface area contributed by atoms with Gasteiger partial charge >= 0.3 is 0 Å². The normalized spacial score (nSPS) is 22.6. The summed E-state index contributed by atoms with van der Waals surface area (Å²) in [6.07, 6.45) is 2.16. The van der Waals surface area contributed by atoms with Crippen molar-refractivity contribution in [1.29, 1.82) is 0 Å². The second-order valence-electron chi connectivity index (χ2n) is 7.76. The van der Waals surface area contributed by atoms with Gasteiger partial charge in [-0.25, -0.2) is 4.98 Å². The number of hydrogen-bond donors (Lipinski definition) is 0. The van der Waals surface area contributed by atoms with Crippen molar-refractivity contribution in [3.63, 3.8) is 0 Å². The Bertz CT molecular complexity index is 857. The van der Waals surface area contributed by atoms with Gasteiger partial charge < -0.3 is 14.4 Å². The van der Waals surface area contributed by atoms with Crippen LogP contribution in [0.3, 0.4) is 0 Å². The standard InChI is InChI=1S/C21H27N3O3S/c1-13-8-16(28-23-13)9-20(25)18-10-21(24-11-14(2)27-15(3)12-24)22-19-5-7-26-6-4-17(18)19/h8,10,14-15H,4-7,9,11-12H2,1-3H3/t14-,15+. The molecule has 2 atom stereocenters. The fraction of sp³-hybridized carbons (Fsp3) is 0.571. The molecule has 0 amide bonds. The van der Waals surface area contributed by atoms with Crippen LogP contribution in [-0.4, -0.2) is 53.7 Å². The first-order chi connectivity index (χ1) is 13.5. The number of aromatic nitrogens is 2. The van der Waals surface area contributed by atoms with Gasteiger partial charge in [0.25, 0.3) is 0 Å². The summed E-state index contributed by atoms with van der Waals surface area (Å²) in [5, 5.41) is 0. The Kier molecular flexibility index (Phi) is 5.75. The average Bonchev–Trinajstić information content (AvgIpc) is 2.91. The lowest BCUT2D eigenvalue weighted by Gasteiger charge is -2.36. The molecule has 150 valence electrons. The molecule has 0 radical (unpaired) electrons. The van der Waals surface area contributed by atoms with Crippen molar-refractivity contribution in [1.82, 2.24) is 9.36 Å². The van der Waals surface area contributed by atoms with Gasteiger partial charge in [-0.05, 0) is 56.4 Å². The molecule has 0 saturated carbocycles. The van der Waals surface area contributed by atoms with Crippen LogP contribution in [0.5, 0.6) is 0 Å². The fourth-order valence-electron chi connectivity index (χ4n) is 4.07. The fourth-order valence-corrected chi connectivity index (χ4v) is 4.80. The van der Waals surface area contributed by atoms with Gasteiger partial charge in [0.05, 0.1) is 31.1 Å². The highest BCUT2D eigenvalue weighted by Gasteiger charge is 2.27. The lowest BCUT2D eigenvalue weighted by molar-refractivity contribution is -0.00547. The molecule has 7 heteroatoms. The Labute approximate surface area is 170 Å². The maximum atomic E-state index is 13.2. The molecule has 0 N–H and O–H groups in total. The van der Waals surface area contributed by atoms with Crippen LogP contribution in [0.2, 0.25) is 0 Å². The van der Waals surface area contributed by atoms with E-state index >= 15 is 0 Å². The quantitative estimate of drug-likeness (QED) is 0.734. The molecule has 2 aromatic rings. The summed E-state index contributed by atoms with van der Waals surface area (Å²) in [6, 6.07) is 3.99. The molecule has 0 unspecified atom stereocenters. The van der Waals surface area contributed by atoms with Crippen LogP contribution in [0.25, 0.3) is 0 Å². The van der Waals surface area contributed by atoms with E-state index in [9.17, 15) is 4.79 Å². The minimum Gasteiger partial charge on any atom is -0.381 e. The number of ketones is 1. The molecule has 4 rings (SSSR count). The van der Waals surface area contributed by atoms with Gasteiger partial charge in [0.1, 0.15) is 5.82 Å². The molecular weight excluding hydrogens is 374 g/mol. The van der Waals surface area contributed by atoms with E-state index in [1.54, 1.807) is 0 Å². The number of rotatable bonds is 4. The Morgan fingerprint density at radius 2 is 1.96 bits per heavy atom. The third-order valence-corrected chi connectivity index (χ3v) is 6.11. The Morgan fingerprint density at radius 3 is 2.68 bits per heavy atom. The van der Waals surface area contributed by atoms with E-state index in [4.69, 9.17) is 14.5 Å². The molecule has 0 spiro atoms. The number of aryl methyl sites for hydroxylation is 1. The van der Waals surface area contributed by atoms with E-state index in [1.165, 1.54) is 11.5 Å². The zero-order chi connectivity index (χ0) is 19.7. The molecule has 0 aromatic carbocycles. The molecule has 4 heterocycles. The zero-order valence-electron chi connectivity index (χ0n) is 16.7. The van der Waals surface area contributed by atoms with E-state index in [2.05, 4.69) is 23.1 Å². The smallest absolute Gasteiger partial charge is 0.168 e. The third-order valence-electron chi connectivity index (χ3n) is 5.23. The highest BCUT2D eigenvalue weighted by molar-refractivity contribution is 7.05. The summed E-state index contributed by atoms with van der Waals surface area (Å²) >= 11 is 1.41. The second kappa shape index (κ2) is 8.27. The molecule has 1 saturated heterocycles. The minimum absolute atomic E-state index is 0.139. The van der Waals surface area contributed by atoms with Gasteiger partial charge in [0.2, 0.25) is 0 Å². The van der Waals surface area contributed by atoms with Crippen LogP contribution in [0.15, 0.2) is 12.1 Å². The van der Waals surface area contributed by atoms with Gasteiger partial charge in [-0.15, -0.1) is 0 Å². The number of morpholine rings is 1. The van der Waals surface area contributed by atoms with Crippen LogP contribution in [0.4, 0.5) is 5.82 Å². The maximum absolute atomic E-state index is 13.2. The Hall–Kier alpha value is -1.83. The number of Topliss-reactive ketones (excluding diaryl/α,β-unsaturated/α-hetero) is 1. The van der Waals surface area contributed by atoms with Gasteiger partial charge in [-0.3, -0.25) is 4.79 Å². The molecule has 28 heavy (non-hydrogen) atoms. The van der Waals surface area contributed by atoms with Crippen molar-refractivity contribution in [3.05, 3.63) is 39.5 Å². The molecule has 0 aliphatic carbocycles. The number of ether oxygens (including phenoxy) is 2. The predicted octanol–water partition coefficient (Wildman–Crippen LogP) is 3.00. The topological polar surface area (TPSA) is 64.6 Å². The first-order valence-electron chi connectivity index (χ1n) is 9.96. The average molecular weight is 402 g/mol.